The summed E-state index contributed by atoms with van der Waals surface area (Å²) in [7, 11) is 2.07. The third-order valence-electron chi connectivity index (χ3n) is 3.21. The van der Waals surface area contributed by atoms with E-state index in [1.54, 1.807) is 0 Å². The van der Waals surface area contributed by atoms with Crippen LogP contribution in [0.4, 0.5) is 0 Å². The molecule has 0 saturated heterocycles. The number of hydrogen-bond donors (Lipinski definition) is 0. The molecular formula is C14H22N4. The maximum absolute atomic E-state index is 4.70. The fraction of sp³-hybridized carbons (Fsp3) is 0.571. The van der Waals surface area contributed by atoms with Crippen LogP contribution in [-0.2, 0) is 20.0 Å². The first-order valence-corrected chi connectivity index (χ1v) is 6.59. The Labute approximate surface area is 109 Å². The van der Waals surface area contributed by atoms with Gasteiger partial charge in [0.15, 0.2) is 11.6 Å². The van der Waals surface area contributed by atoms with Gasteiger partial charge in [-0.25, -0.2) is 9.67 Å². The van der Waals surface area contributed by atoms with E-state index in [-0.39, 0.29) is 0 Å². The molecule has 0 N–H and O–H groups in total. The highest BCUT2D eigenvalue weighted by Gasteiger charge is 2.14. The average molecular weight is 246 g/mol. The molecule has 98 valence electrons. The molecule has 0 aromatic carbocycles. The second kappa shape index (κ2) is 4.96. The fourth-order valence-corrected chi connectivity index (χ4v) is 2.09. The van der Waals surface area contributed by atoms with Crippen LogP contribution >= 0.6 is 0 Å². The van der Waals surface area contributed by atoms with Gasteiger partial charge in [0.05, 0.1) is 5.69 Å². The van der Waals surface area contributed by atoms with Crippen molar-refractivity contribution < 1.29 is 0 Å². The Balaban J connectivity index is 2.43. The number of nitrogens with zero attached hydrogens (tertiary/aromatic N) is 4. The molecule has 4 heteroatoms. The average Bonchev–Trinajstić information content (AvgIpc) is 2.83. The topological polar surface area (TPSA) is 35.6 Å². The van der Waals surface area contributed by atoms with E-state index >= 15 is 0 Å². The molecule has 2 aromatic rings. The van der Waals surface area contributed by atoms with Crippen molar-refractivity contribution in [2.24, 2.45) is 13.0 Å². The van der Waals surface area contributed by atoms with E-state index in [4.69, 9.17) is 4.98 Å². The number of hydrogen-bond acceptors (Lipinski definition) is 2. The van der Waals surface area contributed by atoms with E-state index in [1.807, 2.05) is 4.68 Å². The Hall–Kier alpha value is -1.58. The lowest BCUT2D eigenvalue weighted by Gasteiger charge is -2.05. The number of rotatable bonds is 4. The van der Waals surface area contributed by atoms with Crippen LogP contribution in [-0.4, -0.2) is 19.3 Å². The largest absolute Gasteiger partial charge is 0.345 e. The Morgan fingerprint density at radius 3 is 2.50 bits per heavy atom. The highest BCUT2D eigenvalue weighted by molar-refractivity contribution is 5.52. The zero-order valence-corrected chi connectivity index (χ0v) is 11.9. The molecule has 0 fully saturated rings. The van der Waals surface area contributed by atoms with Crippen LogP contribution in [0.15, 0.2) is 12.1 Å². The summed E-state index contributed by atoms with van der Waals surface area (Å²) in [5.74, 6) is 2.50. The predicted molar refractivity (Wildman–Crippen MR) is 73.4 cm³/mol. The first-order chi connectivity index (χ1) is 8.52. The minimum absolute atomic E-state index is 0.584. The van der Waals surface area contributed by atoms with Crippen molar-refractivity contribution in [1.82, 2.24) is 19.3 Å². The Morgan fingerprint density at radius 2 is 2.00 bits per heavy atom. The van der Waals surface area contributed by atoms with E-state index in [9.17, 15) is 0 Å². The van der Waals surface area contributed by atoms with Crippen molar-refractivity contribution in [3.8, 4) is 11.5 Å². The summed E-state index contributed by atoms with van der Waals surface area (Å²) in [6, 6.07) is 4.23. The second-order valence-corrected chi connectivity index (χ2v) is 5.18. The standard InChI is InChI=1S/C14H22N4/c1-6-18-14(12-8-7-11(4)17(12)5)15-13(16-18)9-10(2)3/h7-8,10H,6,9H2,1-5H3. The van der Waals surface area contributed by atoms with E-state index in [0.29, 0.717) is 5.92 Å². The molecule has 0 aliphatic rings. The van der Waals surface area contributed by atoms with Gasteiger partial charge in [0.2, 0.25) is 0 Å². The van der Waals surface area contributed by atoms with Gasteiger partial charge in [0.25, 0.3) is 0 Å². The quantitative estimate of drug-likeness (QED) is 0.831. The molecule has 4 nitrogen and oxygen atoms in total. The molecular weight excluding hydrogens is 224 g/mol. The summed E-state index contributed by atoms with van der Waals surface area (Å²) in [5.41, 5.74) is 2.37. The van der Waals surface area contributed by atoms with Crippen LogP contribution in [0.3, 0.4) is 0 Å². The second-order valence-electron chi connectivity index (χ2n) is 5.18. The normalized spacial score (nSPS) is 11.4. The van der Waals surface area contributed by atoms with Gasteiger partial charge in [-0.05, 0) is 31.9 Å². The summed E-state index contributed by atoms with van der Waals surface area (Å²) < 4.78 is 4.15. The monoisotopic (exact) mass is 246 g/mol. The van der Waals surface area contributed by atoms with Crippen LogP contribution in [0.5, 0.6) is 0 Å². The third kappa shape index (κ3) is 2.33. The summed E-state index contributed by atoms with van der Waals surface area (Å²) in [6.07, 6.45) is 0.934. The van der Waals surface area contributed by atoms with Gasteiger partial charge in [-0.1, -0.05) is 13.8 Å². The minimum atomic E-state index is 0.584. The minimum Gasteiger partial charge on any atom is -0.345 e. The van der Waals surface area contributed by atoms with Crippen molar-refractivity contribution in [2.75, 3.05) is 0 Å². The first kappa shape index (κ1) is 12.9. The Bertz CT molecular complexity index is 534. The summed E-state index contributed by atoms with van der Waals surface area (Å²) in [5, 5.41) is 4.59. The van der Waals surface area contributed by atoms with Crippen molar-refractivity contribution in [3.63, 3.8) is 0 Å². The van der Waals surface area contributed by atoms with Crippen molar-refractivity contribution in [3.05, 3.63) is 23.7 Å². The van der Waals surface area contributed by atoms with Crippen molar-refractivity contribution in [1.29, 1.82) is 0 Å². The Morgan fingerprint density at radius 1 is 1.28 bits per heavy atom. The molecule has 2 rings (SSSR count). The van der Waals surface area contributed by atoms with Crippen molar-refractivity contribution in [2.45, 2.75) is 40.7 Å². The molecule has 0 aliphatic carbocycles. The zero-order valence-electron chi connectivity index (χ0n) is 11.9. The highest BCUT2D eigenvalue weighted by Crippen LogP contribution is 2.20. The van der Waals surface area contributed by atoms with Gasteiger partial charge in [-0.15, -0.1) is 0 Å². The smallest absolute Gasteiger partial charge is 0.175 e. The first-order valence-electron chi connectivity index (χ1n) is 6.59. The molecule has 0 radical (unpaired) electrons. The molecule has 0 unspecified atom stereocenters. The van der Waals surface area contributed by atoms with Crippen molar-refractivity contribution >= 4 is 0 Å². The molecule has 0 spiro atoms. The molecule has 2 aromatic heterocycles. The highest BCUT2D eigenvalue weighted by atomic mass is 15.4. The number of aromatic nitrogens is 4. The lowest BCUT2D eigenvalue weighted by molar-refractivity contribution is 0.597. The van der Waals surface area contributed by atoms with Gasteiger partial charge in [0.1, 0.15) is 0 Å². The maximum Gasteiger partial charge on any atom is 0.175 e. The van der Waals surface area contributed by atoms with Gasteiger partial charge in [-0.2, -0.15) is 5.10 Å². The van der Waals surface area contributed by atoms with Crippen LogP contribution in [0.1, 0.15) is 32.3 Å². The maximum atomic E-state index is 4.70. The summed E-state index contributed by atoms with van der Waals surface area (Å²) >= 11 is 0. The SMILES string of the molecule is CCn1nc(CC(C)C)nc1-c1ccc(C)n1C. The Kier molecular flexibility index (Phi) is 3.55. The zero-order chi connectivity index (χ0) is 13.3. The molecule has 2 heterocycles. The molecule has 0 saturated carbocycles. The predicted octanol–water partition coefficient (Wildman–Crippen LogP) is 2.81. The van der Waals surface area contributed by atoms with Gasteiger partial charge in [-0.3, -0.25) is 0 Å². The van der Waals surface area contributed by atoms with Crippen LogP contribution < -0.4 is 0 Å². The molecule has 0 aliphatic heterocycles. The van der Waals surface area contributed by atoms with Crippen LogP contribution in [0.25, 0.3) is 11.5 Å². The van der Waals surface area contributed by atoms with Gasteiger partial charge in [0, 0.05) is 25.7 Å². The van der Waals surface area contributed by atoms with E-state index in [1.165, 1.54) is 5.69 Å². The molecule has 18 heavy (non-hydrogen) atoms. The number of aryl methyl sites for hydroxylation is 2. The van der Waals surface area contributed by atoms with E-state index in [2.05, 4.69) is 56.5 Å². The van der Waals surface area contributed by atoms with Gasteiger partial charge < -0.3 is 4.57 Å². The van der Waals surface area contributed by atoms with Crippen LogP contribution in [0.2, 0.25) is 0 Å². The lowest BCUT2D eigenvalue weighted by atomic mass is 10.1. The molecule has 0 amide bonds. The molecule has 0 atom stereocenters. The summed E-state index contributed by atoms with van der Waals surface area (Å²) in [4.78, 5) is 4.70. The summed E-state index contributed by atoms with van der Waals surface area (Å²) in [6.45, 7) is 9.45. The van der Waals surface area contributed by atoms with Crippen LogP contribution in [0, 0.1) is 12.8 Å². The van der Waals surface area contributed by atoms with Gasteiger partial charge >= 0.3 is 0 Å². The third-order valence-corrected chi connectivity index (χ3v) is 3.21. The van der Waals surface area contributed by atoms with E-state index < -0.39 is 0 Å². The fourth-order valence-electron chi connectivity index (χ4n) is 2.09. The van der Waals surface area contributed by atoms with E-state index in [0.717, 1.165) is 30.3 Å². The lowest BCUT2D eigenvalue weighted by Crippen LogP contribution is -2.03. The molecule has 0 bridgehead atoms.